The molecule has 1 aliphatic rings. The minimum Gasteiger partial charge on any atom is -0.480 e. The summed E-state index contributed by atoms with van der Waals surface area (Å²) in [6.07, 6.45) is -0.546. The van der Waals surface area contributed by atoms with Crippen LogP contribution in [0.15, 0.2) is 54.6 Å². The zero-order valence-corrected chi connectivity index (χ0v) is 18.8. The molecule has 1 saturated heterocycles. The highest BCUT2D eigenvalue weighted by atomic mass is 32.2. The van der Waals surface area contributed by atoms with Gasteiger partial charge >= 0.3 is 12.1 Å². The number of amides is 3. The SMILES string of the molecule is CCOC(=O)N1CSC[C@@H]1C(=O)N[C@@H](Cc1ccc(NC(=O)c2ccccc2)cc1)C(=O)O. The van der Waals surface area contributed by atoms with Gasteiger partial charge in [0.2, 0.25) is 5.91 Å². The highest BCUT2D eigenvalue weighted by molar-refractivity contribution is 7.99. The van der Waals surface area contributed by atoms with Crippen LogP contribution in [-0.2, 0) is 20.7 Å². The molecule has 0 unspecified atom stereocenters. The number of ether oxygens (including phenoxy) is 1. The first-order chi connectivity index (χ1) is 15.9. The fourth-order valence-corrected chi connectivity index (χ4v) is 4.41. The van der Waals surface area contributed by atoms with Gasteiger partial charge in [0.1, 0.15) is 12.1 Å². The standard InChI is InChI=1S/C23H25N3O6S/c1-2-32-23(31)26-14-33-13-19(26)21(28)25-18(22(29)30)12-15-8-10-17(11-9-15)24-20(27)16-6-4-3-5-7-16/h3-11,18-19H,2,12-14H2,1H3,(H,24,27)(H,25,28)(H,29,30)/t18-,19+/m0/s1. The summed E-state index contributed by atoms with van der Waals surface area (Å²) in [7, 11) is 0. The van der Waals surface area contributed by atoms with Crippen molar-refractivity contribution >= 4 is 41.3 Å². The van der Waals surface area contributed by atoms with E-state index in [0.717, 1.165) is 0 Å². The van der Waals surface area contributed by atoms with Gasteiger partial charge in [0.25, 0.3) is 5.91 Å². The molecule has 0 aliphatic carbocycles. The Hall–Kier alpha value is -3.53. The predicted octanol–water partition coefficient (Wildman–Crippen LogP) is 2.58. The van der Waals surface area contributed by atoms with E-state index < -0.39 is 30.1 Å². The maximum absolute atomic E-state index is 12.7. The Bertz CT molecular complexity index is 999. The average molecular weight is 472 g/mol. The van der Waals surface area contributed by atoms with E-state index in [4.69, 9.17) is 4.74 Å². The molecule has 0 spiro atoms. The van der Waals surface area contributed by atoms with Crippen molar-refractivity contribution in [2.24, 2.45) is 0 Å². The number of aliphatic carboxylic acids is 1. The second-order valence-electron chi connectivity index (χ2n) is 7.31. The number of hydrogen-bond donors (Lipinski definition) is 3. The summed E-state index contributed by atoms with van der Waals surface area (Å²) in [5, 5.41) is 14.9. The van der Waals surface area contributed by atoms with Gasteiger partial charge in [0.05, 0.1) is 12.5 Å². The van der Waals surface area contributed by atoms with Gasteiger partial charge in [0, 0.05) is 23.4 Å². The van der Waals surface area contributed by atoms with Crippen molar-refractivity contribution in [1.29, 1.82) is 0 Å². The van der Waals surface area contributed by atoms with Crippen LogP contribution >= 0.6 is 11.8 Å². The third-order valence-corrected chi connectivity index (χ3v) is 6.00. The highest BCUT2D eigenvalue weighted by Crippen LogP contribution is 2.22. The highest BCUT2D eigenvalue weighted by Gasteiger charge is 2.37. The first kappa shape index (κ1) is 24.1. The van der Waals surface area contributed by atoms with Gasteiger partial charge in [-0.2, -0.15) is 0 Å². The lowest BCUT2D eigenvalue weighted by Crippen LogP contribution is -2.52. The van der Waals surface area contributed by atoms with Crippen LogP contribution in [0, 0.1) is 0 Å². The first-order valence-corrected chi connectivity index (χ1v) is 11.5. The number of benzene rings is 2. The molecule has 0 saturated carbocycles. The van der Waals surface area contributed by atoms with Gasteiger partial charge < -0.3 is 20.5 Å². The molecule has 3 N–H and O–H groups in total. The number of thioether (sulfide) groups is 1. The molecule has 10 heteroatoms. The lowest BCUT2D eigenvalue weighted by molar-refractivity contribution is -0.142. The molecule has 1 aliphatic heterocycles. The fraction of sp³-hybridized carbons (Fsp3) is 0.304. The predicted molar refractivity (Wildman–Crippen MR) is 124 cm³/mol. The van der Waals surface area contributed by atoms with E-state index in [0.29, 0.717) is 28.4 Å². The Morgan fingerprint density at radius 2 is 1.82 bits per heavy atom. The monoisotopic (exact) mass is 471 g/mol. The molecule has 0 bridgehead atoms. The van der Waals surface area contributed by atoms with Crippen LogP contribution in [0.1, 0.15) is 22.8 Å². The van der Waals surface area contributed by atoms with Crippen molar-refractivity contribution in [2.75, 3.05) is 23.6 Å². The molecule has 3 rings (SSSR count). The minimum absolute atomic E-state index is 0.0489. The topological polar surface area (TPSA) is 125 Å². The number of carboxylic acid groups (broad SMARTS) is 1. The molecule has 2 aromatic carbocycles. The van der Waals surface area contributed by atoms with Crippen LogP contribution in [0.3, 0.4) is 0 Å². The zero-order chi connectivity index (χ0) is 23.8. The number of rotatable bonds is 8. The second-order valence-corrected chi connectivity index (χ2v) is 8.30. The van der Waals surface area contributed by atoms with Crippen LogP contribution in [0.4, 0.5) is 10.5 Å². The fourth-order valence-electron chi connectivity index (χ4n) is 3.27. The number of hydrogen-bond acceptors (Lipinski definition) is 6. The number of carboxylic acids is 1. The van der Waals surface area contributed by atoms with E-state index >= 15 is 0 Å². The van der Waals surface area contributed by atoms with Crippen LogP contribution in [0.5, 0.6) is 0 Å². The zero-order valence-electron chi connectivity index (χ0n) is 18.0. The number of carbonyl (C=O) groups is 4. The number of nitrogens with zero attached hydrogens (tertiary/aromatic N) is 1. The molecule has 2 atom stereocenters. The van der Waals surface area contributed by atoms with Gasteiger partial charge in [-0.15, -0.1) is 11.8 Å². The summed E-state index contributed by atoms with van der Waals surface area (Å²) < 4.78 is 4.97. The van der Waals surface area contributed by atoms with Crippen LogP contribution < -0.4 is 10.6 Å². The largest absolute Gasteiger partial charge is 0.480 e. The molecule has 174 valence electrons. The van der Waals surface area contributed by atoms with E-state index in [1.54, 1.807) is 55.5 Å². The lowest BCUT2D eigenvalue weighted by atomic mass is 10.0. The van der Waals surface area contributed by atoms with Crippen LogP contribution in [0.2, 0.25) is 0 Å². The van der Waals surface area contributed by atoms with Crippen LogP contribution in [0.25, 0.3) is 0 Å². The quantitative estimate of drug-likeness (QED) is 0.540. The van der Waals surface area contributed by atoms with Crippen LogP contribution in [-0.4, -0.2) is 64.2 Å². The summed E-state index contributed by atoms with van der Waals surface area (Å²) in [5.74, 6) is -1.29. The van der Waals surface area contributed by atoms with E-state index in [1.807, 2.05) is 6.07 Å². The second kappa shape index (κ2) is 11.4. The van der Waals surface area contributed by atoms with E-state index in [1.165, 1.54) is 16.7 Å². The van der Waals surface area contributed by atoms with E-state index in [2.05, 4.69) is 10.6 Å². The van der Waals surface area contributed by atoms with Crippen molar-refractivity contribution in [2.45, 2.75) is 25.4 Å². The van der Waals surface area contributed by atoms with Gasteiger partial charge in [-0.25, -0.2) is 9.59 Å². The maximum Gasteiger partial charge on any atom is 0.411 e. The molecule has 1 fully saturated rings. The Kier molecular flexibility index (Phi) is 8.31. The molecule has 1 heterocycles. The van der Waals surface area contributed by atoms with Crippen molar-refractivity contribution in [3.63, 3.8) is 0 Å². The van der Waals surface area contributed by atoms with E-state index in [-0.39, 0.29) is 18.9 Å². The summed E-state index contributed by atoms with van der Waals surface area (Å²) in [5.41, 5.74) is 1.76. The third kappa shape index (κ3) is 6.48. The number of carbonyl (C=O) groups excluding carboxylic acids is 3. The Morgan fingerprint density at radius 1 is 1.12 bits per heavy atom. The molecular weight excluding hydrogens is 446 g/mol. The molecule has 0 aromatic heterocycles. The molecule has 33 heavy (non-hydrogen) atoms. The lowest BCUT2D eigenvalue weighted by Gasteiger charge is -2.24. The number of nitrogens with one attached hydrogen (secondary N) is 2. The Morgan fingerprint density at radius 3 is 2.45 bits per heavy atom. The normalized spacial score (nSPS) is 16.0. The summed E-state index contributed by atoms with van der Waals surface area (Å²) in [6, 6.07) is 13.6. The summed E-state index contributed by atoms with van der Waals surface area (Å²) in [6.45, 7) is 1.86. The molecule has 2 aromatic rings. The van der Waals surface area contributed by atoms with Gasteiger partial charge in [-0.05, 0) is 36.8 Å². The first-order valence-electron chi connectivity index (χ1n) is 10.4. The van der Waals surface area contributed by atoms with Gasteiger partial charge in [0.15, 0.2) is 0 Å². The average Bonchev–Trinajstić information content (AvgIpc) is 3.31. The Labute approximate surface area is 195 Å². The molecule has 3 amide bonds. The van der Waals surface area contributed by atoms with Crippen molar-refractivity contribution in [3.8, 4) is 0 Å². The summed E-state index contributed by atoms with van der Waals surface area (Å²) >= 11 is 1.40. The number of anilines is 1. The van der Waals surface area contributed by atoms with Crippen molar-refractivity contribution in [3.05, 3.63) is 65.7 Å². The summed E-state index contributed by atoms with van der Waals surface area (Å²) in [4.78, 5) is 50.0. The van der Waals surface area contributed by atoms with E-state index in [9.17, 15) is 24.3 Å². The molecule has 9 nitrogen and oxygen atoms in total. The van der Waals surface area contributed by atoms with Crippen molar-refractivity contribution < 1.29 is 29.0 Å². The van der Waals surface area contributed by atoms with Gasteiger partial charge in [-0.1, -0.05) is 30.3 Å². The smallest absolute Gasteiger partial charge is 0.411 e. The minimum atomic E-state index is -1.18. The maximum atomic E-state index is 12.7. The van der Waals surface area contributed by atoms with Gasteiger partial charge in [-0.3, -0.25) is 14.5 Å². The third-order valence-electron chi connectivity index (χ3n) is 4.99. The van der Waals surface area contributed by atoms with Crippen molar-refractivity contribution in [1.82, 2.24) is 10.2 Å². The molecule has 0 radical (unpaired) electrons. The molecular formula is C23H25N3O6S. The Balaban J connectivity index is 1.60.